The summed E-state index contributed by atoms with van der Waals surface area (Å²) < 4.78 is 13.1. The fraction of sp³-hybridized carbons (Fsp3) is 0.600. The highest BCUT2D eigenvalue weighted by Crippen LogP contribution is 2.53. The topological polar surface area (TPSA) is 12.0 Å². The zero-order valence-corrected chi connectivity index (χ0v) is 11.2. The molecule has 94 valence electrons. The van der Waals surface area contributed by atoms with Crippen LogP contribution in [-0.4, -0.2) is 12.6 Å². The second-order valence-corrected chi connectivity index (χ2v) is 5.72. The van der Waals surface area contributed by atoms with Crippen LogP contribution >= 0.6 is 0 Å². The van der Waals surface area contributed by atoms with Gasteiger partial charge in [-0.3, -0.25) is 0 Å². The van der Waals surface area contributed by atoms with E-state index in [1.165, 1.54) is 5.56 Å². The molecule has 1 aliphatic carbocycles. The minimum absolute atomic E-state index is 0.133. The van der Waals surface area contributed by atoms with Gasteiger partial charge in [0.05, 0.1) is 0 Å². The molecule has 2 rings (SSSR count). The third kappa shape index (κ3) is 2.11. The largest absolute Gasteiger partial charge is 0.314 e. The van der Waals surface area contributed by atoms with Gasteiger partial charge >= 0.3 is 0 Å². The van der Waals surface area contributed by atoms with E-state index >= 15 is 0 Å². The molecule has 0 aromatic heterocycles. The monoisotopic (exact) mass is 235 g/mol. The number of aryl methyl sites for hydroxylation is 1. The minimum Gasteiger partial charge on any atom is -0.314 e. The van der Waals surface area contributed by atoms with Gasteiger partial charge in [0, 0.05) is 6.04 Å². The van der Waals surface area contributed by atoms with Crippen molar-refractivity contribution in [2.75, 3.05) is 6.54 Å². The molecule has 0 bridgehead atoms. The lowest BCUT2D eigenvalue weighted by Crippen LogP contribution is -2.55. The summed E-state index contributed by atoms with van der Waals surface area (Å²) in [6.07, 6.45) is 1.16. The van der Waals surface area contributed by atoms with E-state index in [1.807, 2.05) is 13.0 Å². The van der Waals surface area contributed by atoms with Gasteiger partial charge in [-0.1, -0.05) is 26.8 Å². The number of halogens is 1. The molecule has 1 aliphatic rings. The van der Waals surface area contributed by atoms with Crippen LogP contribution in [0.1, 0.15) is 44.2 Å². The summed E-state index contributed by atoms with van der Waals surface area (Å²) in [5.74, 6) is 0.416. The second-order valence-electron chi connectivity index (χ2n) is 5.72. The van der Waals surface area contributed by atoms with E-state index in [0.29, 0.717) is 12.0 Å². The maximum absolute atomic E-state index is 13.1. The predicted octanol–water partition coefficient (Wildman–Crippen LogP) is 3.63. The van der Waals surface area contributed by atoms with E-state index in [2.05, 4.69) is 26.1 Å². The number of hydrogen-bond acceptors (Lipinski definition) is 1. The highest BCUT2D eigenvalue weighted by molar-refractivity contribution is 5.34. The molecular formula is C15H22FN. The van der Waals surface area contributed by atoms with Crippen LogP contribution in [0.3, 0.4) is 0 Å². The van der Waals surface area contributed by atoms with Gasteiger partial charge in [0.25, 0.3) is 0 Å². The van der Waals surface area contributed by atoms with Crippen molar-refractivity contribution in [1.29, 1.82) is 0 Å². The molecule has 0 amide bonds. The Bertz CT molecular complexity index is 411. The van der Waals surface area contributed by atoms with Gasteiger partial charge in [0.2, 0.25) is 0 Å². The smallest absolute Gasteiger partial charge is 0.123 e. The van der Waals surface area contributed by atoms with Crippen LogP contribution in [0.5, 0.6) is 0 Å². The highest BCUT2D eigenvalue weighted by Gasteiger charge is 2.48. The molecule has 17 heavy (non-hydrogen) atoms. The van der Waals surface area contributed by atoms with Crippen LogP contribution in [0.4, 0.5) is 4.39 Å². The molecule has 0 spiro atoms. The summed E-state index contributed by atoms with van der Waals surface area (Å²) in [4.78, 5) is 0. The summed E-state index contributed by atoms with van der Waals surface area (Å²) in [6.45, 7) is 9.78. The Balaban J connectivity index is 2.20. The van der Waals surface area contributed by atoms with E-state index < -0.39 is 0 Å². The first-order chi connectivity index (χ1) is 7.96. The van der Waals surface area contributed by atoms with Gasteiger partial charge in [0.15, 0.2) is 0 Å². The van der Waals surface area contributed by atoms with Gasteiger partial charge in [-0.15, -0.1) is 0 Å². The zero-order chi connectivity index (χ0) is 12.6. The molecule has 0 saturated heterocycles. The molecule has 2 unspecified atom stereocenters. The van der Waals surface area contributed by atoms with Crippen molar-refractivity contribution in [3.63, 3.8) is 0 Å². The molecular weight excluding hydrogens is 213 g/mol. The highest BCUT2D eigenvalue weighted by atomic mass is 19.1. The van der Waals surface area contributed by atoms with Crippen molar-refractivity contribution in [3.8, 4) is 0 Å². The zero-order valence-electron chi connectivity index (χ0n) is 11.2. The second kappa shape index (κ2) is 4.41. The number of hydrogen-bond donors (Lipinski definition) is 1. The van der Waals surface area contributed by atoms with Crippen LogP contribution in [0, 0.1) is 18.2 Å². The lowest BCUT2D eigenvalue weighted by atomic mass is 9.56. The van der Waals surface area contributed by atoms with Gasteiger partial charge in [-0.2, -0.15) is 0 Å². The Morgan fingerprint density at radius 3 is 2.65 bits per heavy atom. The average Bonchev–Trinajstić information content (AvgIpc) is 2.25. The SMILES string of the molecule is CCNC1CC(c2ccc(F)cc2C)C1(C)C. The van der Waals surface area contributed by atoms with Gasteiger partial charge in [-0.25, -0.2) is 4.39 Å². The maximum atomic E-state index is 13.1. The van der Waals surface area contributed by atoms with Crippen molar-refractivity contribution in [2.45, 2.75) is 46.1 Å². The van der Waals surface area contributed by atoms with Crippen molar-refractivity contribution < 1.29 is 4.39 Å². The van der Waals surface area contributed by atoms with Gasteiger partial charge < -0.3 is 5.32 Å². The lowest BCUT2D eigenvalue weighted by molar-refractivity contribution is 0.0702. The van der Waals surface area contributed by atoms with E-state index in [4.69, 9.17) is 0 Å². The third-order valence-electron chi connectivity index (χ3n) is 4.33. The molecule has 1 saturated carbocycles. The summed E-state index contributed by atoms with van der Waals surface area (Å²) in [5, 5.41) is 3.53. The van der Waals surface area contributed by atoms with Crippen molar-refractivity contribution in [2.24, 2.45) is 5.41 Å². The van der Waals surface area contributed by atoms with Crippen LogP contribution < -0.4 is 5.32 Å². The number of rotatable bonds is 3. The summed E-state index contributed by atoms with van der Waals surface area (Å²) in [6, 6.07) is 5.77. The predicted molar refractivity (Wildman–Crippen MR) is 69.7 cm³/mol. The van der Waals surface area contributed by atoms with Crippen LogP contribution in [0.15, 0.2) is 18.2 Å². The fourth-order valence-electron chi connectivity index (χ4n) is 3.08. The lowest BCUT2D eigenvalue weighted by Gasteiger charge is -2.53. The molecule has 1 N–H and O–H groups in total. The first-order valence-electron chi connectivity index (χ1n) is 6.46. The Kier molecular flexibility index (Phi) is 3.26. The Morgan fingerprint density at radius 2 is 2.12 bits per heavy atom. The standard InChI is InChI=1S/C15H22FN/c1-5-17-14-9-13(15(14,3)4)12-7-6-11(16)8-10(12)2/h6-8,13-14,17H,5,9H2,1-4H3. The van der Waals surface area contributed by atoms with E-state index in [1.54, 1.807) is 12.1 Å². The quantitative estimate of drug-likeness (QED) is 0.843. The minimum atomic E-state index is -0.133. The van der Waals surface area contributed by atoms with E-state index in [-0.39, 0.29) is 11.2 Å². The van der Waals surface area contributed by atoms with Crippen LogP contribution in [-0.2, 0) is 0 Å². The number of benzene rings is 1. The van der Waals surface area contributed by atoms with E-state index in [0.717, 1.165) is 18.5 Å². The average molecular weight is 235 g/mol. The van der Waals surface area contributed by atoms with Crippen molar-refractivity contribution in [3.05, 3.63) is 35.1 Å². The first-order valence-corrected chi connectivity index (χ1v) is 6.46. The normalized spacial score (nSPS) is 26.6. The van der Waals surface area contributed by atoms with E-state index in [9.17, 15) is 4.39 Å². The van der Waals surface area contributed by atoms with Crippen molar-refractivity contribution in [1.82, 2.24) is 5.32 Å². The molecule has 1 aromatic carbocycles. The molecule has 0 heterocycles. The molecule has 0 radical (unpaired) electrons. The third-order valence-corrected chi connectivity index (χ3v) is 4.33. The molecule has 1 fully saturated rings. The Hall–Kier alpha value is -0.890. The Labute approximate surface area is 103 Å². The molecule has 0 aliphatic heterocycles. The number of nitrogens with one attached hydrogen (secondary N) is 1. The van der Waals surface area contributed by atoms with Gasteiger partial charge in [-0.05, 0) is 54.5 Å². The summed E-state index contributed by atoms with van der Waals surface area (Å²) in [7, 11) is 0. The van der Waals surface area contributed by atoms with Crippen LogP contribution in [0.25, 0.3) is 0 Å². The fourth-order valence-corrected chi connectivity index (χ4v) is 3.08. The maximum Gasteiger partial charge on any atom is 0.123 e. The molecule has 1 aromatic rings. The summed E-state index contributed by atoms with van der Waals surface area (Å²) in [5.41, 5.74) is 2.65. The molecule has 2 heteroatoms. The first kappa shape index (κ1) is 12.6. The molecule has 1 nitrogen and oxygen atoms in total. The van der Waals surface area contributed by atoms with Crippen molar-refractivity contribution >= 4 is 0 Å². The summed E-state index contributed by atoms with van der Waals surface area (Å²) >= 11 is 0. The Morgan fingerprint density at radius 1 is 1.41 bits per heavy atom. The van der Waals surface area contributed by atoms with Crippen LogP contribution in [0.2, 0.25) is 0 Å². The van der Waals surface area contributed by atoms with Gasteiger partial charge in [0.1, 0.15) is 5.82 Å². The molecule has 2 atom stereocenters.